The SMILES string of the molecule is CC.CNC(=O)c1cnn(C2CCC2)c1. The van der Waals surface area contributed by atoms with E-state index in [1.54, 1.807) is 13.2 Å². The molecule has 0 saturated heterocycles. The molecule has 1 aliphatic carbocycles. The van der Waals surface area contributed by atoms with Crippen molar-refractivity contribution in [2.24, 2.45) is 0 Å². The van der Waals surface area contributed by atoms with Crippen LogP contribution in [0.25, 0.3) is 0 Å². The van der Waals surface area contributed by atoms with Gasteiger partial charge in [0.2, 0.25) is 0 Å². The van der Waals surface area contributed by atoms with E-state index in [0.29, 0.717) is 11.6 Å². The molecule has 4 heteroatoms. The third-order valence-electron chi connectivity index (χ3n) is 2.54. The zero-order valence-electron chi connectivity index (χ0n) is 9.66. The minimum Gasteiger partial charge on any atom is -0.355 e. The summed E-state index contributed by atoms with van der Waals surface area (Å²) < 4.78 is 1.90. The van der Waals surface area contributed by atoms with E-state index in [1.165, 1.54) is 19.3 Å². The topological polar surface area (TPSA) is 46.9 Å². The van der Waals surface area contributed by atoms with Gasteiger partial charge in [-0.1, -0.05) is 13.8 Å². The minimum absolute atomic E-state index is 0.0643. The average molecular weight is 209 g/mol. The van der Waals surface area contributed by atoms with Crippen molar-refractivity contribution in [2.75, 3.05) is 7.05 Å². The summed E-state index contributed by atoms with van der Waals surface area (Å²) in [6.45, 7) is 4.00. The predicted octanol–water partition coefficient (Wildman–Crippen LogP) is 1.99. The molecule has 15 heavy (non-hydrogen) atoms. The molecule has 1 amide bonds. The number of hydrogen-bond donors (Lipinski definition) is 1. The van der Waals surface area contributed by atoms with Crippen molar-refractivity contribution in [1.82, 2.24) is 15.1 Å². The highest BCUT2D eigenvalue weighted by Crippen LogP contribution is 2.30. The lowest BCUT2D eigenvalue weighted by Gasteiger charge is -2.25. The number of aromatic nitrogens is 2. The molecule has 0 bridgehead atoms. The van der Waals surface area contributed by atoms with Crippen LogP contribution in [0.2, 0.25) is 0 Å². The Balaban J connectivity index is 0.000000531. The maximum Gasteiger partial charge on any atom is 0.254 e. The van der Waals surface area contributed by atoms with Crippen LogP contribution in [-0.2, 0) is 0 Å². The first-order valence-corrected chi connectivity index (χ1v) is 5.57. The van der Waals surface area contributed by atoms with Crippen LogP contribution in [0, 0.1) is 0 Å². The van der Waals surface area contributed by atoms with Crippen molar-refractivity contribution >= 4 is 5.91 Å². The van der Waals surface area contributed by atoms with Gasteiger partial charge in [-0.25, -0.2) is 0 Å². The Kier molecular flexibility index (Phi) is 4.34. The lowest BCUT2D eigenvalue weighted by Crippen LogP contribution is -2.18. The predicted molar refractivity (Wildman–Crippen MR) is 59.9 cm³/mol. The van der Waals surface area contributed by atoms with Gasteiger partial charge in [0.05, 0.1) is 17.8 Å². The Morgan fingerprint density at radius 1 is 1.53 bits per heavy atom. The van der Waals surface area contributed by atoms with Gasteiger partial charge >= 0.3 is 0 Å². The van der Waals surface area contributed by atoms with Crippen molar-refractivity contribution in [3.05, 3.63) is 18.0 Å². The van der Waals surface area contributed by atoms with Crippen molar-refractivity contribution in [3.63, 3.8) is 0 Å². The van der Waals surface area contributed by atoms with Crippen LogP contribution >= 0.6 is 0 Å². The van der Waals surface area contributed by atoms with Gasteiger partial charge in [0.1, 0.15) is 0 Å². The maximum atomic E-state index is 11.2. The maximum absolute atomic E-state index is 11.2. The molecule has 84 valence electrons. The number of rotatable bonds is 2. The van der Waals surface area contributed by atoms with Crippen molar-refractivity contribution in [3.8, 4) is 0 Å². The Bertz CT molecular complexity index is 315. The van der Waals surface area contributed by atoms with Crippen LogP contribution in [0.15, 0.2) is 12.4 Å². The number of hydrogen-bond acceptors (Lipinski definition) is 2. The van der Waals surface area contributed by atoms with Crippen LogP contribution in [0.4, 0.5) is 0 Å². The number of carbonyl (C=O) groups excluding carboxylic acids is 1. The summed E-state index contributed by atoms with van der Waals surface area (Å²) in [5.41, 5.74) is 0.648. The molecule has 1 fully saturated rings. The summed E-state index contributed by atoms with van der Waals surface area (Å²) in [5.74, 6) is -0.0643. The largest absolute Gasteiger partial charge is 0.355 e. The highest BCUT2D eigenvalue weighted by Gasteiger charge is 2.20. The summed E-state index contributed by atoms with van der Waals surface area (Å²) in [5, 5.41) is 6.74. The standard InChI is InChI=1S/C9H13N3O.C2H6/c1-10-9(13)7-5-11-12(6-7)8-3-2-4-8;1-2/h5-6,8H,2-4H2,1H3,(H,10,13);1-2H3. The first-order chi connectivity index (χ1) is 7.31. The van der Waals surface area contributed by atoms with Crippen LogP contribution in [0.1, 0.15) is 49.5 Å². The Morgan fingerprint density at radius 3 is 2.67 bits per heavy atom. The van der Waals surface area contributed by atoms with Crippen LogP contribution in [0.3, 0.4) is 0 Å². The normalized spacial score (nSPS) is 14.9. The lowest BCUT2D eigenvalue weighted by atomic mass is 9.93. The summed E-state index contributed by atoms with van der Waals surface area (Å²) in [6.07, 6.45) is 7.10. The smallest absolute Gasteiger partial charge is 0.254 e. The molecular formula is C11H19N3O. The highest BCUT2D eigenvalue weighted by atomic mass is 16.1. The molecule has 1 saturated carbocycles. The molecule has 0 aliphatic heterocycles. The number of carbonyl (C=O) groups is 1. The fourth-order valence-corrected chi connectivity index (χ4v) is 1.45. The third-order valence-corrected chi connectivity index (χ3v) is 2.54. The van der Waals surface area contributed by atoms with Crippen LogP contribution in [0.5, 0.6) is 0 Å². The molecule has 1 aromatic heterocycles. The quantitative estimate of drug-likeness (QED) is 0.809. The second-order valence-electron chi connectivity index (χ2n) is 3.37. The van der Waals surface area contributed by atoms with Crippen LogP contribution < -0.4 is 5.32 Å². The number of nitrogens with zero attached hydrogens (tertiary/aromatic N) is 2. The molecule has 2 rings (SSSR count). The monoisotopic (exact) mass is 209 g/mol. The Morgan fingerprint density at radius 2 is 2.20 bits per heavy atom. The average Bonchev–Trinajstić information content (AvgIpc) is 2.66. The number of nitrogens with one attached hydrogen (secondary N) is 1. The van der Waals surface area contributed by atoms with E-state index in [0.717, 1.165) is 0 Å². The number of amides is 1. The minimum atomic E-state index is -0.0643. The molecule has 0 spiro atoms. The van der Waals surface area contributed by atoms with Gasteiger partial charge in [0.15, 0.2) is 0 Å². The van der Waals surface area contributed by atoms with E-state index < -0.39 is 0 Å². The van der Waals surface area contributed by atoms with Crippen molar-refractivity contribution in [2.45, 2.75) is 39.2 Å². The zero-order valence-corrected chi connectivity index (χ0v) is 9.66. The van der Waals surface area contributed by atoms with Gasteiger partial charge in [0, 0.05) is 13.2 Å². The molecule has 0 aromatic carbocycles. The molecule has 1 N–H and O–H groups in total. The summed E-state index contributed by atoms with van der Waals surface area (Å²) in [4.78, 5) is 11.2. The molecule has 4 nitrogen and oxygen atoms in total. The third kappa shape index (κ3) is 2.58. The molecule has 1 aliphatic rings. The molecule has 0 unspecified atom stereocenters. The first-order valence-electron chi connectivity index (χ1n) is 5.57. The van der Waals surface area contributed by atoms with Gasteiger partial charge < -0.3 is 5.32 Å². The highest BCUT2D eigenvalue weighted by molar-refractivity contribution is 5.93. The summed E-state index contributed by atoms with van der Waals surface area (Å²) in [6, 6.07) is 0.526. The van der Waals surface area contributed by atoms with Gasteiger partial charge in [-0.2, -0.15) is 5.10 Å². The Labute approximate surface area is 90.7 Å². The van der Waals surface area contributed by atoms with Gasteiger partial charge in [-0.05, 0) is 19.3 Å². The second kappa shape index (κ2) is 5.53. The molecule has 0 radical (unpaired) electrons. The van der Waals surface area contributed by atoms with E-state index >= 15 is 0 Å². The lowest BCUT2D eigenvalue weighted by molar-refractivity contribution is 0.0963. The molecular weight excluding hydrogens is 190 g/mol. The fraction of sp³-hybridized carbons (Fsp3) is 0.636. The second-order valence-corrected chi connectivity index (χ2v) is 3.37. The molecule has 1 heterocycles. The zero-order chi connectivity index (χ0) is 11.3. The van der Waals surface area contributed by atoms with E-state index in [9.17, 15) is 4.79 Å². The fourth-order valence-electron chi connectivity index (χ4n) is 1.45. The van der Waals surface area contributed by atoms with Crippen molar-refractivity contribution < 1.29 is 4.79 Å². The van der Waals surface area contributed by atoms with E-state index in [4.69, 9.17) is 0 Å². The van der Waals surface area contributed by atoms with E-state index in [1.807, 2.05) is 24.7 Å². The first kappa shape index (κ1) is 11.8. The summed E-state index contributed by atoms with van der Waals surface area (Å²) >= 11 is 0. The van der Waals surface area contributed by atoms with E-state index in [-0.39, 0.29) is 5.91 Å². The molecule has 0 atom stereocenters. The van der Waals surface area contributed by atoms with Crippen LogP contribution in [-0.4, -0.2) is 22.7 Å². The molecule has 1 aromatic rings. The van der Waals surface area contributed by atoms with Crippen molar-refractivity contribution in [1.29, 1.82) is 0 Å². The Hall–Kier alpha value is -1.32. The van der Waals surface area contributed by atoms with Gasteiger partial charge in [-0.15, -0.1) is 0 Å². The van der Waals surface area contributed by atoms with Gasteiger partial charge in [-0.3, -0.25) is 9.48 Å². The summed E-state index contributed by atoms with van der Waals surface area (Å²) in [7, 11) is 1.63. The van der Waals surface area contributed by atoms with E-state index in [2.05, 4.69) is 10.4 Å². The van der Waals surface area contributed by atoms with Gasteiger partial charge in [0.25, 0.3) is 5.91 Å².